The topological polar surface area (TPSA) is 70.8 Å². The molecular formula is C20H23NO4. The summed E-state index contributed by atoms with van der Waals surface area (Å²) in [5, 5.41) is 8.98. The van der Waals surface area contributed by atoms with Crippen molar-refractivity contribution in [1.29, 1.82) is 0 Å². The van der Waals surface area contributed by atoms with Gasteiger partial charge in [-0.15, -0.1) is 0 Å². The van der Waals surface area contributed by atoms with Crippen LogP contribution in [0.1, 0.15) is 53.1 Å². The van der Waals surface area contributed by atoms with Crippen LogP contribution in [0.3, 0.4) is 0 Å². The third kappa shape index (κ3) is 4.50. The molecule has 1 aliphatic heterocycles. The molecule has 2 aromatic rings. The number of hydrogen-bond acceptors (Lipinski definition) is 3. The predicted octanol–water partition coefficient (Wildman–Crippen LogP) is 3.67. The molecule has 0 bridgehead atoms. The van der Waals surface area contributed by atoms with Crippen LogP contribution in [0.2, 0.25) is 0 Å². The Morgan fingerprint density at radius 1 is 1.12 bits per heavy atom. The number of benzene rings is 1. The Bertz CT molecular complexity index is 735. The van der Waals surface area contributed by atoms with Gasteiger partial charge in [0.2, 0.25) is 11.7 Å². The molecule has 1 amide bonds. The average molecular weight is 341 g/mol. The summed E-state index contributed by atoms with van der Waals surface area (Å²) in [6.07, 6.45) is 5.24. The highest BCUT2D eigenvalue weighted by atomic mass is 16.4. The number of furan rings is 1. The second-order valence-corrected chi connectivity index (χ2v) is 6.48. The summed E-state index contributed by atoms with van der Waals surface area (Å²) in [4.78, 5) is 25.1. The SMILES string of the molecule is O=C(O)c1cc2c(o1)CN(C(=O)CCCCCc1ccccc1)CC2. The summed E-state index contributed by atoms with van der Waals surface area (Å²) in [5.41, 5.74) is 2.24. The van der Waals surface area contributed by atoms with Crippen LogP contribution in [0.25, 0.3) is 0 Å². The molecule has 0 aliphatic carbocycles. The fourth-order valence-corrected chi connectivity index (χ4v) is 3.22. The maximum Gasteiger partial charge on any atom is 0.371 e. The van der Waals surface area contributed by atoms with Crippen LogP contribution in [0, 0.1) is 0 Å². The van der Waals surface area contributed by atoms with Crippen LogP contribution in [0.4, 0.5) is 0 Å². The van der Waals surface area contributed by atoms with Crippen LogP contribution < -0.4 is 0 Å². The van der Waals surface area contributed by atoms with Crippen molar-refractivity contribution >= 4 is 11.9 Å². The van der Waals surface area contributed by atoms with Crippen molar-refractivity contribution in [2.75, 3.05) is 6.54 Å². The Labute approximate surface area is 147 Å². The lowest BCUT2D eigenvalue weighted by Gasteiger charge is -2.26. The van der Waals surface area contributed by atoms with E-state index in [4.69, 9.17) is 9.52 Å². The first-order valence-corrected chi connectivity index (χ1v) is 8.80. The van der Waals surface area contributed by atoms with Gasteiger partial charge < -0.3 is 14.4 Å². The Balaban J connectivity index is 1.40. The number of fused-ring (bicyclic) bond motifs is 1. The van der Waals surface area contributed by atoms with Gasteiger partial charge in [-0.3, -0.25) is 4.79 Å². The normalized spacial score (nSPS) is 13.5. The van der Waals surface area contributed by atoms with E-state index >= 15 is 0 Å². The Morgan fingerprint density at radius 3 is 2.68 bits per heavy atom. The van der Waals surface area contributed by atoms with Gasteiger partial charge in [-0.05, 0) is 42.9 Å². The van der Waals surface area contributed by atoms with Crippen molar-refractivity contribution in [1.82, 2.24) is 4.90 Å². The number of carbonyl (C=O) groups is 2. The zero-order valence-corrected chi connectivity index (χ0v) is 14.2. The lowest BCUT2D eigenvalue weighted by atomic mass is 10.0. The Hall–Kier alpha value is -2.56. The number of aromatic carboxylic acids is 1. The molecule has 1 aliphatic rings. The highest BCUT2D eigenvalue weighted by Crippen LogP contribution is 2.23. The molecule has 0 radical (unpaired) electrons. The van der Waals surface area contributed by atoms with E-state index in [1.807, 2.05) is 18.2 Å². The maximum atomic E-state index is 12.3. The van der Waals surface area contributed by atoms with E-state index in [1.165, 1.54) is 5.56 Å². The number of carbonyl (C=O) groups excluding carboxylic acids is 1. The molecule has 0 spiro atoms. The summed E-state index contributed by atoms with van der Waals surface area (Å²) in [5.74, 6) is -0.370. The maximum absolute atomic E-state index is 12.3. The number of hydrogen-bond donors (Lipinski definition) is 1. The van der Waals surface area contributed by atoms with Gasteiger partial charge in [-0.2, -0.15) is 0 Å². The molecule has 0 fully saturated rings. The zero-order chi connectivity index (χ0) is 17.6. The third-order valence-electron chi connectivity index (χ3n) is 4.64. The standard InChI is InChI=1S/C20H23NO4/c22-19(10-6-2-5-9-15-7-3-1-4-8-15)21-12-11-16-13-17(20(23)24)25-18(16)14-21/h1,3-4,7-8,13H,2,5-6,9-12,14H2,(H,23,24). The molecule has 5 nitrogen and oxygen atoms in total. The fraction of sp³-hybridized carbons (Fsp3) is 0.400. The van der Waals surface area contributed by atoms with Crippen LogP contribution in [0.5, 0.6) is 0 Å². The van der Waals surface area contributed by atoms with Crippen LogP contribution in [-0.2, 0) is 24.2 Å². The lowest BCUT2D eigenvalue weighted by Crippen LogP contribution is -2.35. The molecular weight excluding hydrogens is 318 g/mol. The second kappa shape index (κ2) is 8.01. The molecule has 0 unspecified atom stereocenters. The monoisotopic (exact) mass is 341 g/mol. The zero-order valence-electron chi connectivity index (χ0n) is 14.2. The van der Waals surface area contributed by atoms with E-state index in [0.29, 0.717) is 31.7 Å². The number of amides is 1. The summed E-state index contributed by atoms with van der Waals surface area (Å²) in [7, 11) is 0. The predicted molar refractivity (Wildman–Crippen MR) is 93.4 cm³/mol. The molecule has 0 atom stereocenters. The largest absolute Gasteiger partial charge is 0.475 e. The van der Waals surface area contributed by atoms with Crippen molar-refractivity contribution in [3.05, 3.63) is 59.0 Å². The molecule has 1 N–H and O–H groups in total. The van der Waals surface area contributed by atoms with Crippen LogP contribution in [0.15, 0.2) is 40.8 Å². The first kappa shape index (κ1) is 17.3. The highest BCUT2D eigenvalue weighted by Gasteiger charge is 2.25. The van der Waals surface area contributed by atoms with Crippen molar-refractivity contribution in [2.24, 2.45) is 0 Å². The lowest BCUT2D eigenvalue weighted by molar-refractivity contribution is -0.132. The van der Waals surface area contributed by atoms with Gasteiger partial charge in [-0.1, -0.05) is 36.8 Å². The van der Waals surface area contributed by atoms with Gasteiger partial charge in [0.1, 0.15) is 5.76 Å². The number of rotatable bonds is 7. The van der Waals surface area contributed by atoms with Crippen molar-refractivity contribution < 1.29 is 19.1 Å². The van der Waals surface area contributed by atoms with E-state index in [0.717, 1.165) is 31.2 Å². The molecule has 2 heterocycles. The number of nitrogens with zero attached hydrogens (tertiary/aromatic N) is 1. The van der Waals surface area contributed by atoms with Gasteiger partial charge in [0, 0.05) is 13.0 Å². The number of carboxylic acid groups (broad SMARTS) is 1. The summed E-state index contributed by atoms with van der Waals surface area (Å²) in [6, 6.07) is 12.0. The number of aryl methyl sites for hydroxylation is 1. The van der Waals surface area contributed by atoms with Crippen molar-refractivity contribution in [3.8, 4) is 0 Å². The Morgan fingerprint density at radius 2 is 1.92 bits per heavy atom. The van der Waals surface area contributed by atoms with E-state index < -0.39 is 5.97 Å². The van der Waals surface area contributed by atoms with E-state index in [-0.39, 0.29) is 11.7 Å². The van der Waals surface area contributed by atoms with E-state index in [2.05, 4.69) is 12.1 Å². The average Bonchev–Trinajstić information content (AvgIpc) is 3.06. The van der Waals surface area contributed by atoms with Gasteiger partial charge in [0.05, 0.1) is 6.54 Å². The van der Waals surface area contributed by atoms with Crippen molar-refractivity contribution in [3.63, 3.8) is 0 Å². The molecule has 1 aromatic heterocycles. The van der Waals surface area contributed by atoms with Gasteiger partial charge in [0.25, 0.3) is 0 Å². The quantitative estimate of drug-likeness (QED) is 0.780. The van der Waals surface area contributed by atoms with Crippen molar-refractivity contribution in [2.45, 2.75) is 45.1 Å². The molecule has 3 rings (SSSR count). The number of carboxylic acids is 1. The summed E-state index contributed by atoms with van der Waals surface area (Å²) in [6.45, 7) is 1.01. The minimum atomic E-state index is -1.06. The van der Waals surface area contributed by atoms with Gasteiger partial charge >= 0.3 is 5.97 Å². The molecule has 0 saturated carbocycles. The van der Waals surface area contributed by atoms with Crippen LogP contribution in [-0.4, -0.2) is 28.4 Å². The molecule has 0 saturated heterocycles. The molecule has 132 valence electrons. The van der Waals surface area contributed by atoms with E-state index in [9.17, 15) is 9.59 Å². The molecule has 5 heteroatoms. The minimum absolute atomic E-state index is 0.0415. The smallest absolute Gasteiger partial charge is 0.371 e. The summed E-state index contributed by atoms with van der Waals surface area (Å²) < 4.78 is 5.35. The van der Waals surface area contributed by atoms with Crippen LogP contribution >= 0.6 is 0 Å². The molecule has 25 heavy (non-hydrogen) atoms. The summed E-state index contributed by atoms with van der Waals surface area (Å²) >= 11 is 0. The highest BCUT2D eigenvalue weighted by molar-refractivity contribution is 5.84. The third-order valence-corrected chi connectivity index (χ3v) is 4.64. The first-order chi connectivity index (χ1) is 12.1. The number of unbranched alkanes of at least 4 members (excludes halogenated alkanes) is 2. The van der Waals surface area contributed by atoms with Gasteiger partial charge in [-0.25, -0.2) is 4.79 Å². The second-order valence-electron chi connectivity index (χ2n) is 6.48. The fourth-order valence-electron chi connectivity index (χ4n) is 3.22. The first-order valence-electron chi connectivity index (χ1n) is 8.80. The molecule has 1 aromatic carbocycles. The minimum Gasteiger partial charge on any atom is -0.475 e. The van der Waals surface area contributed by atoms with E-state index in [1.54, 1.807) is 11.0 Å². The Kier molecular flexibility index (Phi) is 5.53. The van der Waals surface area contributed by atoms with Gasteiger partial charge in [0.15, 0.2) is 0 Å².